The van der Waals surface area contributed by atoms with Crippen molar-refractivity contribution in [2.24, 2.45) is 0 Å². The van der Waals surface area contributed by atoms with Gasteiger partial charge in [0.1, 0.15) is 0 Å². The minimum Gasteiger partial charge on any atom is -0.314 e. The van der Waals surface area contributed by atoms with Gasteiger partial charge in [-0.15, -0.1) is 5.10 Å². The van der Waals surface area contributed by atoms with Crippen molar-refractivity contribution in [3.8, 4) is 0 Å². The van der Waals surface area contributed by atoms with Crippen LogP contribution in [0.3, 0.4) is 0 Å². The van der Waals surface area contributed by atoms with Crippen LogP contribution in [0.4, 0.5) is 0 Å². The predicted octanol–water partition coefficient (Wildman–Crippen LogP) is 0.788. The maximum atomic E-state index is 3.94. The molecule has 5 nitrogen and oxygen atoms in total. The molecule has 0 amide bonds. The molecule has 5 heteroatoms. The zero-order valence-corrected chi connectivity index (χ0v) is 10.6. The van der Waals surface area contributed by atoms with E-state index in [1.807, 2.05) is 10.9 Å². The van der Waals surface area contributed by atoms with Crippen LogP contribution in [0.15, 0.2) is 12.4 Å². The standard InChI is InChI=1S/C12H23N5/c1-11(10-12-4-2-5-14-12)13-6-3-8-17-9-7-15-16-17/h7,9,11-14H,2-6,8,10H2,1H3. The quantitative estimate of drug-likeness (QED) is 0.688. The second kappa shape index (κ2) is 6.71. The molecule has 2 N–H and O–H groups in total. The van der Waals surface area contributed by atoms with Crippen molar-refractivity contribution in [2.45, 2.75) is 51.2 Å². The fourth-order valence-corrected chi connectivity index (χ4v) is 2.41. The number of nitrogens with one attached hydrogen (secondary N) is 2. The lowest BCUT2D eigenvalue weighted by Gasteiger charge is -2.18. The molecular formula is C12H23N5. The Kier molecular flexibility index (Phi) is 4.94. The summed E-state index contributed by atoms with van der Waals surface area (Å²) in [7, 11) is 0. The van der Waals surface area contributed by atoms with E-state index in [0.29, 0.717) is 6.04 Å². The molecule has 1 aliphatic rings. The molecule has 0 bridgehead atoms. The minimum atomic E-state index is 0.598. The molecule has 0 saturated carbocycles. The Labute approximate surface area is 103 Å². The fraction of sp³-hybridized carbons (Fsp3) is 0.833. The van der Waals surface area contributed by atoms with E-state index in [9.17, 15) is 0 Å². The minimum absolute atomic E-state index is 0.598. The monoisotopic (exact) mass is 237 g/mol. The highest BCUT2D eigenvalue weighted by molar-refractivity contribution is 4.78. The Morgan fingerprint density at radius 2 is 2.53 bits per heavy atom. The average Bonchev–Trinajstić information content (AvgIpc) is 2.96. The third kappa shape index (κ3) is 4.44. The number of nitrogens with zero attached hydrogens (tertiary/aromatic N) is 3. The average molecular weight is 237 g/mol. The molecule has 2 unspecified atom stereocenters. The summed E-state index contributed by atoms with van der Waals surface area (Å²) in [5.74, 6) is 0. The topological polar surface area (TPSA) is 54.8 Å². The smallest absolute Gasteiger partial charge is 0.0692 e. The maximum Gasteiger partial charge on any atom is 0.0692 e. The molecule has 0 aromatic carbocycles. The zero-order valence-electron chi connectivity index (χ0n) is 10.6. The van der Waals surface area contributed by atoms with E-state index in [2.05, 4.69) is 27.9 Å². The highest BCUT2D eigenvalue weighted by Crippen LogP contribution is 2.10. The van der Waals surface area contributed by atoms with Crippen LogP contribution in [0.5, 0.6) is 0 Å². The Hall–Kier alpha value is -0.940. The van der Waals surface area contributed by atoms with Gasteiger partial charge in [-0.25, -0.2) is 0 Å². The molecule has 0 aliphatic carbocycles. The summed E-state index contributed by atoms with van der Waals surface area (Å²) < 4.78 is 1.88. The Morgan fingerprint density at radius 3 is 3.24 bits per heavy atom. The van der Waals surface area contributed by atoms with E-state index in [-0.39, 0.29) is 0 Å². The van der Waals surface area contributed by atoms with Crippen LogP contribution in [0.25, 0.3) is 0 Å². The van der Waals surface area contributed by atoms with Gasteiger partial charge in [0.05, 0.1) is 6.20 Å². The van der Waals surface area contributed by atoms with E-state index >= 15 is 0 Å². The van der Waals surface area contributed by atoms with Gasteiger partial charge in [0.25, 0.3) is 0 Å². The van der Waals surface area contributed by atoms with Crippen LogP contribution in [0.2, 0.25) is 0 Å². The van der Waals surface area contributed by atoms with Gasteiger partial charge in [-0.2, -0.15) is 0 Å². The number of hydrogen-bond donors (Lipinski definition) is 2. The molecule has 2 atom stereocenters. The predicted molar refractivity (Wildman–Crippen MR) is 67.7 cm³/mol. The molecule has 1 aliphatic heterocycles. The second-order valence-corrected chi connectivity index (χ2v) is 4.90. The molecule has 1 fully saturated rings. The summed E-state index contributed by atoms with van der Waals surface area (Å²) in [6.07, 6.45) is 8.65. The number of hydrogen-bond acceptors (Lipinski definition) is 4. The molecule has 2 heterocycles. The lowest BCUT2D eigenvalue weighted by Crippen LogP contribution is -2.34. The number of rotatable bonds is 7. The largest absolute Gasteiger partial charge is 0.314 e. The van der Waals surface area contributed by atoms with E-state index in [1.165, 1.54) is 25.8 Å². The SMILES string of the molecule is CC(CC1CCCN1)NCCCn1ccnn1. The summed E-state index contributed by atoms with van der Waals surface area (Å²) >= 11 is 0. The molecule has 1 aromatic heterocycles. The Balaban J connectivity index is 1.52. The van der Waals surface area contributed by atoms with Gasteiger partial charge >= 0.3 is 0 Å². The van der Waals surface area contributed by atoms with Crippen LogP contribution in [-0.2, 0) is 6.54 Å². The van der Waals surface area contributed by atoms with Gasteiger partial charge in [0.2, 0.25) is 0 Å². The lowest BCUT2D eigenvalue weighted by molar-refractivity contribution is 0.427. The molecular weight excluding hydrogens is 214 g/mol. The van der Waals surface area contributed by atoms with Crippen LogP contribution in [-0.4, -0.2) is 40.2 Å². The van der Waals surface area contributed by atoms with Gasteiger partial charge in [0, 0.05) is 24.8 Å². The van der Waals surface area contributed by atoms with Crippen molar-refractivity contribution in [1.29, 1.82) is 0 Å². The van der Waals surface area contributed by atoms with Crippen molar-refractivity contribution < 1.29 is 0 Å². The lowest BCUT2D eigenvalue weighted by atomic mass is 10.1. The highest BCUT2D eigenvalue weighted by Gasteiger charge is 2.16. The molecule has 96 valence electrons. The molecule has 2 rings (SSSR count). The maximum absolute atomic E-state index is 3.94. The second-order valence-electron chi connectivity index (χ2n) is 4.90. The van der Waals surface area contributed by atoms with Crippen LogP contribution >= 0.6 is 0 Å². The fourth-order valence-electron chi connectivity index (χ4n) is 2.41. The third-order valence-electron chi connectivity index (χ3n) is 3.33. The van der Waals surface area contributed by atoms with Gasteiger partial charge < -0.3 is 10.6 Å². The first-order chi connectivity index (χ1) is 8.34. The van der Waals surface area contributed by atoms with Crippen LogP contribution in [0, 0.1) is 0 Å². The van der Waals surface area contributed by atoms with Crippen LogP contribution in [0.1, 0.15) is 32.6 Å². The summed E-state index contributed by atoms with van der Waals surface area (Å²) in [4.78, 5) is 0. The summed E-state index contributed by atoms with van der Waals surface area (Å²) in [6, 6.07) is 1.33. The summed E-state index contributed by atoms with van der Waals surface area (Å²) in [5, 5.41) is 14.8. The van der Waals surface area contributed by atoms with Crippen molar-refractivity contribution in [3.05, 3.63) is 12.4 Å². The third-order valence-corrected chi connectivity index (χ3v) is 3.33. The van der Waals surface area contributed by atoms with Gasteiger partial charge in [-0.3, -0.25) is 4.68 Å². The van der Waals surface area contributed by atoms with Crippen molar-refractivity contribution >= 4 is 0 Å². The zero-order chi connectivity index (χ0) is 11.9. The summed E-state index contributed by atoms with van der Waals surface area (Å²) in [6.45, 7) is 5.47. The van der Waals surface area contributed by atoms with E-state index in [1.54, 1.807) is 6.20 Å². The first-order valence-electron chi connectivity index (χ1n) is 6.65. The summed E-state index contributed by atoms with van der Waals surface area (Å²) in [5.41, 5.74) is 0. The number of aryl methyl sites for hydroxylation is 1. The Bertz CT molecular complexity index is 292. The molecule has 17 heavy (non-hydrogen) atoms. The first-order valence-corrected chi connectivity index (χ1v) is 6.65. The van der Waals surface area contributed by atoms with Crippen LogP contribution < -0.4 is 10.6 Å². The van der Waals surface area contributed by atoms with Gasteiger partial charge in [-0.1, -0.05) is 5.21 Å². The van der Waals surface area contributed by atoms with Crippen molar-refractivity contribution in [3.63, 3.8) is 0 Å². The molecule has 0 spiro atoms. The normalized spacial score (nSPS) is 21.8. The molecule has 0 radical (unpaired) electrons. The van der Waals surface area contributed by atoms with Crippen molar-refractivity contribution in [2.75, 3.05) is 13.1 Å². The van der Waals surface area contributed by atoms with Crippen molar-refractivity contribution in [1.82, 2.24) is 25.6 Å². The molecule has 1 aromatic rings. The Morgan fingerprint density at radius 1 is 1.59 bits per heavy atom. The van der Waals surface area contributed by atoms with E-state index in [0.717, 1.165) is 25.6 Å². The van der Waals surface area contributed by atoms with Gasteiger partial charge in [0.15, 0.2) is 0 Å². The molecule has 1 saturated heterocycles. The van der Waals surface area contributed by atoms with Gasteiger partial charge in [-0.05, 0) is 45.7 Å². The highest BCUT2D eigenvalue weighted by atomic mass is 15.4. The van der Waals surface area contributed by atoms with E-state index in [4.69, 9.17) is 0 Å². The number of aromatic nitrogens is 3. The van der Waals surface area contributed by atoms with E-state index < -0.39 is 0 Å². The first kappa shape index (κ1) is 12.5.